The van der Waals surface area contributed by atoms with Gasteiger partial charge in [0.1, 0.15) is 70.1 Å². The van der Waals surface area contributed by atoms with E-state index in [1.807, 2.05) is 0 Å². The molecule has 20 heteroatoms. The van der Waals surface area contributed by atoms with Crippen molar-refractivity contribution in [3.8, 4) is 97.7 Å². The average Bonchev–Trinajstić information content (AvgIpc) is 3.23. The molecule has 0 amide bonds. The highest BCUT2D eigenvalue weighted by molar-refractivity contribution is 5.71. The second-order valence-corrected chi connectivity index (χ2v) is 16.0. The zero-order chi connectivity index (χ0) is 46.7. The lowest BCUT2D eigenvalue weighted by Gasteiger charge is -2.43. The molecule has 6 aromatic carbocycles. The first-order valence-electron chi connectivity index (χ1n) is 19.5. The van der Waals surface area contributed by atoms with Crippen molar-refractivity contribution in [1.29, 1.82) is 0 Å². The van der Waals surface area contributed by atoms with E-state index in [2.05, 4.69) is 0 Å². The van der Waals surface area contributed by atoms with Gasteiger partial charge in [-0.25, -0.2) is 0 Å². The van der Waals surface area contributed by atoms with E-state index in [1.54, 1.807) is 0 Å². The lowest BCUT2D eigenvalue weighted by atomic mass is 9.73. The van der Waals surface area contributed by atoms with Crippen molar-refractivity contribution >= 4 is 0 Å². The first kappa shape index (κ1) is 42.1. The summed E-state index contributed by atoms with van der Waals surface area (Å²) in [6.07, 6.45) is -10.8. The smallest absolute Gasteiger partial charge is 0.200 e. The van der Waals surface area contributed by atoms with Crippen LogP contribution in [-0.4, -0.2) is 105 Å². The molecule has 9 rings (SSSR count). The van der Waals surface area contributed by atoms with Gasteiger partial charge in [-0.3, -0.25) is 0 Å². The highest BCUT2D eigenvalue weighted by Crippen LogP contribution is 2.62. The molecule has 6 aromatic rings. The summed E-state index contributed by atoms with van der Waals surface area (Å²) in [5.41, 5.74) is -2.13. The van der Waals surface area contributed by atoms with Crippen LogP contribution in [0.5, 0.6) is 97.7 Å². The third-order valence-electron chi connectivity index (χ3n) is 12.0. The Morgan fingerprint density at radius 1 is 0.369 bits per heavy atom. The Morgan fingerprint density at radius 3 is 1.35 bits per heavy atom. The fraction of sp³-hybridized carbons (Fsp3) is 0.200. The van der Waals surface area contributed by atoms with Crippen LogP contribution in [0.2, 0.25) is 0 Å². The highest BCUT2D eigenvalue weighted by Gasteiger charge is 2.51. The molecule has 3 aliphatic heterocycles. The summed E-state index contributed by atoms with van der Waals surface area (Å²) in [5, 5.41) is 188. The number of hydrogen-bond donors (Lipinski definition) is 17. The summed E-state index contributed by atoms with van der Waals surface area (Å²) in [6, 6.07) is 10.7. The second-order valence-electron chi connectivity index (χ2n) is 16.0. The van der Waals surface area contributed by atoms with Gasteiger partial charge in [0.05, 0.1) is 17.9 Å². The lowest BCUT2D eigenvalue weighted by molar-refractivity contribution is -0.00570. The van der Waals surface area contributed by atoms with Crippen molar-refractivity contribution in [2.24, 2.45) is 0 Å². The molecule has 0 bridgehead atoms. The quantitative estimate of drug-likeness (QED) is 0.109. The minimum Gasteiger partial charge on any atom is -0.508 e. The van der Waals surface area contributed by atoms with Crippen molar-refractivity contribution in [2.75, 3.05) is 0 Å². The predicted octanol–water partition coefficient (Wildman–Crippen LogP) is 3.86. The first-order valence-corrected chi connectivity index (χ1v) is 19.5. The second kappa shape index (κ2) is 15.0. The standard InChI is InChI=1S/C45H38O20/c46-16-8-21(50)31-30(9-16)63-42(14-4-25(54)37(59)26(55)5-14)39(61)35(31)33-23(52)12-24(53)34-36(40(62)43(65-45(33)34)15-6-27(56)38(60)28(57)7-15)32-22(51)11-19(48)17-10-29(58)41(64-44(17)32)13-1-2-18(47)20(49)3-13/h1-9,11-12,29,35-36,39-43,46-62H,10H2/t29-,35-,36-,39-,40-,41-,42+,43+/m0/s1. The predicted molar refractivity (Wildman–Crippen MR) is 217 cm³/mol. The number of aliphatic hydroxyl groups excluding tert-OH is 3. The maximum absolute atomic E-state index is 12.5. The number of ether oxygens (including phenoxy) is 3. The average molecular weight is 899 g/mol. The zero-order valence-electron chi connectivity index (χ0n) is 33.0. The Labute approximate surface area is 364 Å². The van der Waals surface area contributed by atoms with Gasteiger partial charge in [-0.05, 0) is 42.0 Å². The van der Waals surface area contributed by atoms with Crippen LogP contribution in [0.25, 0.3) is 0 Å². The molecule has 0 saturated heterocycles. The van der Waals surface area contributed by atoms with Crippen LogP contribution >= 0.6 is 0 Å². The molecule has 0 unspecified atom stereocenters. The summed E-state index contributed by atoms with van der Waals surface area (Å²) in [4.78, 5) is 0. The third-order valence-corrected chi connectivity index (χ3v) is 12.0. The fourth-order valence-corrected chi connectivity index (χ4v) is 9.08. The van der Waals surface area contributed by atoms with Crippen LogP contribution in [0.4, 0.5) is 0 Å². The number of phenols is 14. The maximum Gasteiger partial charge on any atom is 0.200 e. The molecule has 0 radical (unpaired) electrons. The van der Waals surface area contributed by atoms with E-state index in [-0.39, 0.29) is 45.7 Å². The normalized spacial score (nSPS) is 23.2. The van der Waals surface area contributed by atoms with Crippen molar-refractivity contribution in [3.05, 3.63) is 111 Å². The van der Waals surface area contributed by atoms with Crippen LogP contribution in [0.1, 0.15) is 74.7 Å². The topological polar surface area (TPSA) is 372 Å². The molecule has 20 nitrogen and oxygen atoms in total. The number of hydrogen-bond acceptors (Lipinski definition) is 20. The number of benzene rings is 6. The molecule has 0 fully saturated rings. The molecule has 3 aliphatic rings. The van der Waals surface area contributed by atoms with Crippen LogP contribution in [0, 0.1) is 0 Å². The van der Waals surface area contributed by atoms with Crippen molar-refractivity contribution in [2.45, 2.75) is 54.9 Å². The van der Waals surface area contributed by atoms with Gasteiger partial charge in [-0.15, -0.1) is 0 Å². The lowest BCUT2D eigenvalue weighted by Crippen LogP contribution is -2.39. The molecule has 0 saturated carbocycles. The van der Waals surface area contributed by atoms with Gasteiger partial charge in [-0.2, -0.15) is 0 Å². The minimum absolute atomic E-state index is 0.103. The molecule has 65 heavy (non-hydrogen) atoms. The van der Waals surface area contributed by atoms with E-state index in [4.69, 9.17) is 14.2 Å². The fourth-order valence-electron chi connectivity index (χ4n) is 9.08. The number of aromatic hydroxyl groups is 14. The minimum atomic E-state index is -2.05. The van der Waals surface area contributed by atoms with Gasteiger partial charge in [0.25, 0.3) is 0 Å². The Kier molecular flexibility index (Phi) is 9.70. The van der Waals surface area contributed by atoms with Gasteiger partial charge in [0.2, 0.25) is 0 Å². The summed E-state index contributed by atoms with van der Waals surface area (Å²) in [5.74, 6) is -15.7. The van der Waals surface area contributed by atoms with Gasteiger partial charge >= 0.3 is 0 Å². The Bertz CT molecular complexity index is 2900. The summed E-state index contributed by atoms with van der Waals surface area (Å²) < 4.78 is 18.7. The molecule has 3 heterocycles. The van der Waals surface area contributed by atoms with Gasteiger partial charge < -0.3 is 101 Å². The van der Waals surface area contributed by atoms with Crippen LogP contribution in [0.15, 0.2) is 66.7 Å². The molecule has 0 spiro atoms. The zero-order valence-corrected chi connectivity index (χ0v) is 33.0. The van der Waals surface area contributed by atoms with Crippen molar-refractivity contribution in [1.82, 2.24) is 0 Å². The van der Waals surface area contributed by atoms with E-state index < -0.39 is 151 Å². The molecular formula is C45H38O20. The summed E-state index contributed by atoms with van der Waals surface area (Å²) in [6.45, 7) is 0. The van der Waals surface area contributed by atoms with E-state index in [0.717, 1.165) is 60.7 Å². The van der Waals surface area contributed by atoms with Crippen molar-refractivity contribution in [3.63, 3.8) is 0 Å². The number of rotatable bonds is 5. The SMILES string of the molecule is Oc1cc(O)c2c(c1)O[C@H](c1cc(O)c(O)c(O)c1)[C@@H](O)[C@@H]2c1c(O)cc(O)c2c1O[C@H](c1cc(O)c(O)c(O)c1)[C@@H](O)[C@H]2c1c(O)cc(O)c2c1O[C@@H](c1ccc(O)c(O)c1)[C@@H](O)C2. The van der Waals surface area contributed by atoms with Crippen molar-refractivity contribution < 1.29 is 101 Å². The van der Waals surface area contributed by atoms with Gasteiger partial charge in [-0.1, -0.05) is 6.07 Å². The third kappa shape index (κ3) is 6.57. The van der Waals surface area contributed by atoms with E-state index >= 15 is 0 Å². The highest BCUT2D eigenvalue weighted by atomic mass is 16.5. The largest absolute Gasteiger partial charge is 0.508 e. The number of phenolic OH excluding ortho intramolecular Hbond substituents is 14. The summed E-state index contributed by atoms with van der Waals surface area (Å²) >= 11 is 0. The van der Waals surface area contributed by atoms with E-state index in [0.29, 0.717) is 0 Å². The molecule has 17 N–H and O–H groups in total. The Morgan fingerprint density at radius 2 is 0.815 bits per heavy atom. The molecule has 0 aliphatic carbocycles. The molecule has 338 valence electrons. The molecular weight excluding hydrogens is 860 g/mol. The first-order chi connectivity index (χ1) is 30.7. The number of fused-ring (bicyclic) bond motifs is 3. The molecule has 0 aromatic heterocycles. The Hall–Kier alpha value is -8.20. The van der Waals surface area contributed by atoms with Crippen LogP contribution < -0.4 is 14.2 Å². The van der Waals surface area contributed by atoms with Gasteiger partial charge in [0, 0.05) is 69.6 Å². The summed E-state index contributed by atoms with van der Waals surface area (Å²) in [7, 11) is 0. The van der Waals surface area contributed by atoms with E-state index in [9.17, 15) is 86.8 Å². The maximum atomic E-state index is 12.5. The monoisotopic (exact) mass is 898 g/mol. The van der Waals surface area contributed by atoms with E-state index in [1.165, 1.54) is 6.07 Å². The molecule has 8 atom stereocenters. The van der Waals surface area contributed by atoms with Crippen LogP contribution in [0.3, 0.4) is 0 Å². The van der Waals surface area contributed by atoms with Crippen LogP contribution in [-0.2, 0) is 6.42 Å². The van der Waals surface area contributed by atoms with Gasteiger partial charge in [0.15, 0.2) is 58.2 Å². The Balaban J connectivity index is 1.32. The number of aliphatic hydroxyl groups is 3.